The van der Waals surface area contributed by atoms with Crippen molar-refractivity contribution in [3.8, 4) is 47.0 Å². The molecular weight excluding hydrogens is 507 g/mol. The molecule has 0 saturated carbocycles. The van der Waals surface area contributed by atoms with E-state index in [1.54, 1.807) is 48.7 Å². The van der Waals surface area contributed by atoms with Gasteiger partial charge in [0.1, 0.15) is 17.5 Å². The van der Waals surface area contributed by atoms with Gasteiger partial charge in [0, 0.05) is 16.7 Å². The van der Waals surface area contributed by atoms with Crippen molar-refractivity contribution >= 4 is 5.97 Å². The number of aromatic amines is 2. The Morgan fingerprint density at radius 2 is 1.21 bits per heavy atom. The fraction of sp³-hybridized carbons (Fsp3) is 0. The van der Waals surface area contributed by atoms with Gasteiger partial charge in [0.05, 0.1) is 35.2 Å². The average molecular weight is 526 g/mol. The molecule has 0 saturated heterocycles. The summed E-state index contributed by atoms with van der Waals surface area (Å²) in [6.07, 6.45) is 8.21. The van der Waals surface area contributed by atoms with Crippen molar-refractivity contribution in [1.29, 1.82) is 10.5 Å². The van der Waals surface area contributed by atoms with Gasteiger partial charge in [0.15, 0.2) is 0 Å². The first-order chi connectivity index (χ1) is 18.1. The SMILES string of the molecule is C#Cc1ccccc1C#N.N#Cc1ccccc1-c1cn[nH]n1.O=C(O)c1ccccc1-c1cn[nH]n1.[Na+].[OH-]. The number of terminal acetylenes is 1. The van der Waals surface area contributed by atoms with Gasteiger partial charge in [-0.15, -0.1) is 6.42 Å². The average Bonchev–Trinajstić information content (AvgIpc) is 3.69. The topological polar surface area (TPSA) is 198 Å². The molecule has 2 aromatic heterocycles. The second-order valence-electron chi connectivity index (χ2n) is 7.02. The second-order valence-corrected chi connectivity index (χ2v) is 7.02. The molecule has 11 nitrogen and oxygen atoms in total. The van der Waals surface area contributed by atoms with Gasteiger partial charge >= 0.3 is 35.5 Å². The molecule has 4 N–H and O–H groups in total. The molecule has 0 unspecified atom stereocenters. The molecule has 2 heterocycles. The van der Waals surface area contributed by atoms with E-state index in [1.165, 1.54) is 12.3 Å². The number of nitrogens with zero attached hydrogens (tertiary/aromatic N) is 6. The fourth-order valence-electron chi connectivity index (χ4n) is 3.07. The molecule has 0 atom stereocenters. The maximum atomic E-state index is 10.9. The third kappa shape index (κ3) is 8.76. The van der Waals surface area contributed by atoms with E-state index >= 15 is 0 Å². The molecule has 3 aromatic carbocycles. The zero-order valence-corrected chi connectivity index (χ0v) is 22.6. The van der Waals surface area contributed by atoms with Gasteiger partial charge in [-0.1, -0.05) is 54.5 Å². The van der Waals surface area contributed by atoms with Gasteiger partial charge in [-0.25, -0.2) is 4.79 Å². The van der Waals surface area contributed by atoms with Crippen LogP contribution in [0.1, 0.15) is 27.0 Å². The van der Waals surface area contributed by atoms with Crippen molar-refractivity contribution in [3.05, 3.63) is 107 Å². The molecule has 39 heavy (non-hydrogen) atoms. The number of hydrogen-bond donors (Lipinski definition) is 3. The summed E-state index contributed by atoms with van der Waals surface area (Å²) in [5, 5.41) is 46.2. The smallest absolute Gasteiger partial charge is 0.870 e. The summed E-state index contributed by atoms with van der Waals surface area (Å²) < 4.78 is 0. The Morgan fingerprint density at radius 1 is 0.744 bits per heavy atom. The molecule has 0 radical (unpaired) electrons. The summed E-state index contributed by atoms with van der Waals surface area (Å²) in [5.74, 6) is 1.46. The number of carboxylic acids is 1. The van der Waals surface area contributed by atoms with E-state index in [0.29, 0.717) is 33.6 Å². The first kappa shape index (κ1) is 31.9. The molecule has 0 bridgehead atoms. The number of nitrogens with one attached hydrogen (secondary N) is 2. The number of aromatic carboxylic acids is 1. The van der Waals surface area contributed by atoms with Crippen LogP contribution in [0.25, 0.3) is 22.5 Å². The third-order valence-electron chi connectivity index (χ3n) is 4.79. The number of H-pyrrole nitrogens is 2. The maximum Gasteiger partial charge on any atom is 1.00 e. The monoisotopic (exact) mass is 526 g/mol. The van der Waals surface area contributed by atoms with Crippen LogP contribution in [0.2, 0.25) is 0 Å². The van der Waals surface area contributed by atoms with Crippen LogP contribution in [0.4, 0.5) is 0 Å². The molecular formula is C27H19N8NaO3. The molecule has 5 rings (SSSR count). The minimum atomic E-state index is -0.969. The summed E-state index contributed by atoms with van der Waals surface area (Å²) in [7, 11) is 0. The Kier molecular flexibility index (Phi) is 13.6. The van der Waals surface area contributed by atoms with E-state index < -0.39 is 5.97 Å². The van der Waals surface area contributed by atoms with Crippen molar-refractivity contribution in [2.75, 3.05) is 0 Å². The van der Waals surface area contributed by atoms with Crippen LogP contribution in [-0.2, 0) is 0 Å². The summed E-state index contributed by atoms with van der Waals surface area (Å²) in [5.41, 5.74) is 4.64. The van der Waals surface area contributed by atoms with Gasteiger partial charge in [-0.2, -0.15) is 41.3 Å². The van der Waals surface area contributed by atoms with Gasteiger partial charge in [0.2, 0.25) is 0 Å². The normalized spacial score (nSPS) is 8.74. The van der Waals surface area contributed by atoms with E-state index in [2.05, 4.69) is 42.8 Å². The standard InChI is InChI=1S/C9H6N4.C9H7N3O2.C9H5N.Na.H2O/c10-5-7-3-1-2-4-8(7)9-6-11-13-12-9;13-9(14)7-4-2-1-3-6(7)8-5-10-12-11-8;1-2-8-5-3-4-6-9(8)7-10;;/h1-4,6H,(H,11,12,13);1-5H,(H,13,14)(H,10,11,12);1,3-6H;;1H2/q;;;+1;/p-1. The molecule has 0 aliphatic carbocycles. The second kappa shape index (κ2) is 16.6. The van der Waals surface area contributed by atoms with E-state index in [9.17, 15) is 4.79 Å². The number of rotatable bonds is 3. The van der Waals surface area contributed by atoms with Crippen LogP contribution < -0.4 is 29.6 Å². The van der Waals surface area contributed by atoms with Gasteiger partial charge in [0.25, 0.3) is 0 Å². The van der Waals surface area contributed by atoms with E-state index in [0.717, 1.165) is 5.56 Å². The van der Waals surface area contributed by atoms with Crippen LogP contribution >= 0.6 is 0 Å². The summed E-state index contributed by atoms with van der Waals surface area (Å²) in [6.45, 7) is 0. The van der Waals surface area contributed by atoms with E-state index in [-0.39, 0.29) is 40.6 Å². The van der Waals surface area contributed by atoms with Crippen LogP contribution in [-0.4, -0.2) is 47.4 Å². The van der Waals surface area contributed by atoms with Gasteiger partial charge in [-0.05, 0) is 24.3 Å². The molecule has 0 spiro atoms. The number of benzene rings is 3. The molecule has 0 aliphatic rings. The number of carboxylic acid groups (broad SMARTS) is 1. The number of aromatic nitrogens is 6. The first-order valence-electron chi connectivity index (χ1n) is 10.6. The van der Waals surface area contributed by atoms with Crippen molar-refractivity contribution in [1.82, 2.24) is 30.8 Å². The molecule has 186 valence electrons. The van der Waals surface area contributed by atoms with Crippen LogP contribution in [0.15, 0.2) is 85.2 Å². The Bertz CT molecular complexity index is 1570. The van der Waals surface area contributed by atoms with Crippen LogP contribution in [0.3, 0.4) is 0 Å². The molecule has 12 heteroatoms. The first-order valence-corrected chi connectivity index (χ1v) is 10.6. The quantitative estimate of drug-likeness (QED) is 0.226. The number of hydrogen-bond acceptors (Lipinski definition) is 8. The van der Waals surface area contributed by atoms with Crippen molar-refractivity contribution < 1.29 is 44.9 Å². The summed E-state index contributed by atoms with van der Waals surface area (Å²) in [4.78, 5) is 10.9. The fourth-order valence-corrected chi connectivity index (χ4v) is 3.07. The predicted molar refractivity (Wildman–Crippen MR) is 136 cm³/mol. The minimum Gasteiger partial charge on any atom is -0.870 e. The predicted octanol–water partition coefficient (Wildman–Crippen LogP) is 0.880. The molecule has 0 aliphatic heterocycles. The van der Waals surface area contributed by atoms with Gasteiger partial charge < -0.3 is 10.6 Å². The van der Waals surface area contributed by atoms with Crippen molar-refractivity contribution in [3.63, 3.8) is 0 Å². The minimum absolute atomic E-state index is 0. The third-order valence-corrected chi connectivity index (χ3v) is 4.79. The van der Waals surface area contributed by atoms with Crippen LogP contribution in [0, 0.1) is 35.0 Å². The zero-order chi connectivity index (χ0) is 26.5. The van der Waals surface area contributed by atoms with Crippen molar-refractivity contribution in [2.24, 2.45) is 0 Å². The summed E-state index contributed by atoms with van der Waals surface area (Å²) in [6, 6.07) is 25.1. The van der Waals surface area contributed by atoms with Gasteiger partial charge in [-0.3, -0.25) is 0 Å². The van der Waals surface area contributed by atoms with E-state index in [4.69, 9.17) is 22.1 Å². The largest absolute Gasteiger partial charge is 1.00 e. The Hall–Kier alpha value is -5.09. The Labute approximate surface area is 245 Å². The zero-order valence-electron chi connectivity index (χ0n) is 20.6. The maximum absolute atomic E-state index is 10.9. The van der Waals surface area contributed by atoms with Crippen LogP contribution in [0.5, 0.6) is 0 Å². The summed E-state index contributed by atoms with van der Waals surface area (Å²) >= 11 is 0. The Morgan fingerprint density at radius 3 is 1.67 bits per heavy atom. The molecule has 0 amide bonds. The molecule has 5 aromatic rings. The van der Waals surface area contributed by atoms with Crippen molar-refractivity contribution in [2.45, 2.75) is 0 Å². The number of carbonyl (C=O) groups is 1. The number of nitriles is 2. The molecule has 0 fully saturated rings. The Balaban J connectivity index is 0.000000289. The van der Waals surface area contributed by atoms with E-state index in [1.807, 2.05) is 30.3 Å².